The van der Waals surface area contributed by atoms with E-state index in [0.29, 0.717) is 0 Å². The van der Waals surface area contributed by atoms with E-state index in [1.165, 1.54) is 98.9 Å². The zero-order chi connectivity index (χ0) is 48.2. The number of aromatic nitrogens is 2. The molecule has 0 spiro atoms. The molecule has 3 heteroatoms. The molecular formula is C70H47N3. The summed E-state index contributed by atoms with van der Waals surface area (Å²) in [6, 6.07) is 104. The number of fused-ring (bicyclic) bond motifs is 7. The van der Waals surface area contributed by atoms with Gasteiger partial charge in [-0.05, 0) is 140 Å². The Kier molecular flexibility index (Phi) is 10.2. The first-order valence-electron chi connectivity index (χ1n) is 25.1. The second-order valence-corrected chi connectivity index (χ2v) is 18.9. The van der Waals surface area contributed by atoms with Crippen LogP contribution in [0.1, 0.15) is 0 Å². The van der Waals surface area contributed by atoms with Gasteiger partial charge in [0.15, 0.2) is 0 Å². The van der Waals surface area contributed by atoms with Crippen molar-refractivity contribution in [3.05, 3.63) is 285 Å². The molecule has 0 saturated heterocycles. The molecule has 3 nitrogen and oxygen atoms in total. The van der Waals surface area contributed by atoms with E-state index < -0.39 is 0 Å². The van der Waals surface area contributed by atoms with Gasteiger partial charge in [-0.15, -0.1) is 0 Å². The van der Waals surface area contributed by atoms with Gasteiger partial charge >= 0.3 is 0 Å². The molecule has 0 amide bonds. The third-order valence-electron chi connectivity index (χ3n) is 14.8. The molecule has 0 saturated carbocycles. The van der Waals surface area contributed by atoms with E-state index in [1.54, 1.807) is 0 Å². The molecule has 0 aliphatic heterocycles. The van der Waals surface area contributed by atoms with E-state index in [4.69, 9.17) is 0 Å². The average molecular weight is 930 g/mol. The van der Waals surface area contributed by atoms with Crippen LogP contribution >= 0.6 is 0 Å². The Morgan fingerprint density at radius 3 is 0.808 bits per heavy atom. The van der Waals surface area contributed by atoms with Crippen LogP contribution in [0.25, 0.3) is 110 Å². The fourth-order valence-electron chi connectivity index (χ4n) is 11.1. The van der Waals surface area contributed by atoms with E-state index in [2.05, 4.69) is 299 Å². The molecule has 0 aliphatic rings. The summed E-state index contributed by atoms with van der Waals surface area (Å²) >= 11 is 0. The lowest BCUT2D eigenvalue weighted by Crippen LogP contribution is -2.09. The number of para-hydroxylation sites is 4. The Labute approximate surface area is 424 Å². The van der Waals surface area contributed by atoms with Crippen molar-refractivity contribution in [2.75, 3.05) is 4.90 Å². The molecule has 0 atom stereocenters. The minimum absolute atomic E-state index is 1.10. The van der Waals surface area contributed by atoms with Gasteiger partial charge in [0.05, 0.1) is 22.1 Å². The molecule has 342 valence electrons. The molecule has 14 rings (SSSR count). The van der Waals surface area contributed by atoms with Crippen LogP contribution in [0, 0.1) is 0 Å². The number of hydrogen-bond acceptors (Lipinski definition) is 1. The minimum Gasteiger partial charge on any atom is -0.310 e. The van der Waals surface area contributed by atoms with E-state index in [1.807, 2.05) is 0 Å². The second-order valence-electron chi connectivity index (χ2n) is 18.9. The summed E-state index contributed by atoms with van der Waals surface area (Å²) in [5.74, 6) is 0. The topological polar surface area (TPSA) is 13.1 Å². The quantitative estimate of drug-likeness (QED) is 0.141. The van der Waals surface area contributed by atoms with Crippen LogP contribution in [0.15, 0.2) is 285 Å². The van der Waals surface area contributed by atoms with Crippen LogP contribution < -0.4 is 4.90 Å². The van der Waals surface area contributed by atoms with Gasteiger partial charge in [0.1, 0.15) is 0 Å². The zero-order valence-electron chi connectivity index (χ0n) is 40.0. The largest absolute Gasteiger partial charge is 0.310 e. The number of benzene rings is 12. The molecule has 2 heterocycles. The highest BCUT2D eigenvalue weighted by Gasteiger charge is 2.16. The highest BCUT2D eigenvalue weighted by Crippen LogP contribution is 2.40. The molecule has 12 aromatic carbocycles. The summed E-state index contributed by atoms with van der Waals surface area (Å²) in [5.41, 5.74) is 20.0. The maximum Gasteiger partial charge on any atom is 0.0541 e. The first-order chi connectivity index (χ1) is 36.2. The Hall–Kier alpha value is -9.70. The lowest BCUT2D eigenvalue weighted by molar-refractivity contribution is 1.18. The van der Waals surface area contributed by atoms with Crippen molar-refractivity contribution in [2.24, 2.45) is 0 Å². The Morgan fingerprint density at radius 2 is 0.466 bits per heavy atom. The summed E-state index contributed by atoms with van der Waals surface area (Å²) in [4.78, 5) is 2.36. The van der Waals surface area contributed by atoms with Crippen molar-refractivity contribution >= 4 is 71.4 Å². The van der Waals surface area contributed by atoms with Crippen LogP contribution in [0.4, 0.5) is 17.1 Å². The molecule has 0 radical (unpaired) electrons. The van der Waals surface area contributed by atoms with Crippen LogP contribution in [0.3, 0.4) is 0 Å². The van der Waals surface area contributed by atoms with Crippen LogP contribution in [-0.2, 0) is 0 Å². The van der Waals surface area contributed by atoms with E-state index >= 15 is 0 Å². The van der Waals surface area contributed by atoms with Gasteiger partial charge in [-0.2, -0.15) is 0 Å². The monoisotopic (exact) mass is 929 g/mol. The third-order valence-corrected chi connectivity index (χ3v) is 14.8. The Bertz CT molecular complexity index is 3960. The molecular weight excluding hydrogens is 883 g/mol. The highest BCUT2D eigenvalue weighted by molar-refractivity contribution is 6.10. The summed E-state index contributed by atoms with van der Waals surface area (Å²) < 4.78 is 4.73. The zero-order valence-corrected chi connectivity index (χ0v) is 40.0. The van der Waals surface area contributed by atoms with Gasteiger partial charge in [-0.1, -0.05) is 200 Å². The van der Waals surface area contributed by atoms with Gasteiger partial charge in [0.2, 0.25) is 0 Å². The van der Waals surface area contributed by atoms with Crippen molar-refractivity contribution in [1.82, 2.24) is 9.13 Å². The highest BCUT2D eigenvalue weighted by atomic mass is 15.1. The molecule has 73 heavy (non-hydrogen) atoms. The average Bonchev–Trinajstić information content (AvgIpc) is 3.99. The van der Waals surface area contributed by atoms with Crippen molar-refractivity contribution in [3.63, 3.8) is 0 Å². The predicted molar refractivity (Wildman–Crippen MR) is 309 cm³/mol. The predicted octanol–water partition coefficient (Wildman–Crippen LogP) is 19.2. The van der Waals surface area contributed by atoms with Crippen LogP contribution in [0.5, 0.6) is 0 Å². The van der Waals surface area contributed by atoms with Gasteiger partial charge in [0.25, 0.3) is 0 Å². The molecule has 0 N–H and O–H groups in total. The first-order valence-corrected chi connectivity index (χ1v) is 25.1. The maximum atomic E-state index is 2.37. The SMILES string of the molecule is c1ccc2cc(N(c3ccc(-c4ccc(-c5ccc(-n6c7ccccc7c7ccccc76)cc5)cc4)cc3)c3ccc(-c4ccc(-c5ccc(-n6c7ccccc7c7ccccc76)cc5)cc4)cc3)ccc2c1. The molecule has 0 bridgehead atoms. The van der Waals surface area contributed by atoms with E-state index in [0.717, 1.165) is 28.4 Å². The second kappa shape index (κ2) is 17.6. The number of hydrogen-bond donors (Lipinski definition) is 0. The van der Waals surface area contributed by atoms with Gasteiger partial charge < -0.3 is 14.0 Å². The van der Waals surface area contributed by atoms with Crippen LogP contribution in [0.2, 0.25) is 0 Å². The summed E-state index contributed by atoms with van der Waals surface area (Å²) in [5, 5.41) is 7.53. The molecule has 2 aromatic heterocycles. The number of anilines is 3. The third kappa shape index (κ3) is 7.46. The lowest BCUT2D eigenvalue weighted by atomic mass is 9.99. The smallest absolute Gasteiger partial charge is 0.0541 e. The number of rotatable bonds is 9. The van der Waals surface area contributed by atoms with Crippen molar-refractivity contribution in [2.45, 2.75) is 0 Å². The summed E-state index contributed by atoms with van der Waals surface area (Å²) in [7, 11) is 0. The van der Waals surface area contributed by atoms with E-state index in [-0.39, 0.29) is 0 Å². The summed E-state index contributed by atoms with van der Waals surface area (Å²) in [6.07, 6.45) is 0. The maximum absolute atomic E-state index is 2.37. The van der Waals surface area contributed by atoms with Gasteiger partial charge in [-0.25, -0.2) is 0 Å². The molecule has 0 fully saturated rings. The van der Waals surface area contributed by atoms with Gasteiger partial charge in [-0.3, -0.25) is 0 Å². The lowest BCUT2D eigenvalue weighted by Gasteiger charge is -2.26. The van der Waals surface area contributed by atoms with Crippen LogP contribution in [-0.4, -0.2) is 9.13 Å². The number of nitrogens with zero attached hydrogens (tertiary/aromatic N) is 3. The van der Waals surface area contributed by atoms with Crippen molar-refractivity contribution < 1.29 is 0 Å². The Morgan fingerprint density at radius 1 is 0.205 bits per heavy atom. The molecule has 0 aliphatic carbocycles. The normalized spacial score (nSPS) is 11.6. The fraction of sp³-hybridized carbons (Fsp3) is 0. The van der Waals surface area contributed by atoms with Gasteiger partial charge in [0, 0.05) is 50.0 Å². The molecule has 14 aromatic rings. The fourth-order valence-corrected chi connectivity index (χ4v) is 11.1. The van der Waals surface area contributed by atoms with Crippen molar-refractivity contribution in [1.29, 1.82) is 0 Å². The minimum atomic E-state index is 1.10. The summed E-state index contributed by atoms with van der Waals surface area (Å²) in [6.45, 7) is 0. The first kappa shape index (κ1) is 42.2. The van der Waals surface area contributed by atoms with E-state index in [9.17, 15) is 0 Å². The standard InChI is InChI=1S/C70H47N3/c1-2-12-57-47-62(46-37-48(57)11-1)71(58-38-29-53(30-39-58)49-21-25-51(26-22-49)55-33-42-60(43-34-55)72-67-17-7-3-13-63(67)64-14-4-8-18-68(64)72)59-40-31-54(32-41-59)50-23-27-52(28-24-50)56-35-44-61(45-36-56)73-69-19-9-5-15-65(69)66-16-6-10-20-70(66)73/h1-47H. The van der Waals surface area contributed by atoms with Crippen molar-refractivity contribution in [3.8, 4) is 55.9 Å². The Balaban J connectivity index is 0.716. The molecule has 0 unspecified atom stereocenters.